The third-order valence-electron chi connectivity index (χ3n) is 5.76. The lowest BCUT2D eigenvalue weighted by atomic mass is 9.99. The quantitative estimate of drug-likeness (QED) is 0.257. The summed E-state index contributed by atoms with van der Waals surface area (Å²) in [4.78, 5) is 27.4. The number of fused-ring (bicyclic) bond motifs is 1. The van der Waals surface area contributed by atoms with E-state index in [0.717, 1.165) is 6.42 Å². The molecule has 0 radical (unpaired) electrons. The van der Waals surface area contributed by atoms with Crippen LogP contribution >= 0.6 is 27.5 Å². The fourth-order valence-corrected chi connectivity index (χ4v) is 5.03. The van der Waals surface area contributed by atoms with Crippen molar-refractivity contribution in [1.29, 1.82) is 0 Å². The Labute approximate surface area is 210 Å². The van der Waals surface area contributed by atoms with E-state index in [-0.39, 0.29) is 39.1 Å². The van der Waals surface area contributed by atoms with Crippen LogP contribution in [0.25, 0.3) is 16.5 Å². The molecule has 1 atom stereocenters. The molecule has 1 heterocycles. The minimum Gasteiger partial charge on any atom is -0.345 e. The molecule has 0 bridgehead atoms. The molecule has 1 amide bonds. The van der Waals surface area contributed by atoms with Crippen LogP contribution in [0.15, 0.2) is 77.6 Å². The highest BCUT2D eigenvalue weighted by Crippen LogP contribution is 2.29. The summed E-state index contributed by atoms with van der Waals surface area (Å²) in [6, 6.07) is 20.1. The first-order chi connectivity index (χ1) is 16.5. The fraction of sp³-hybridized carbons (Fsp3) is 0.185. The van der Waals surface area contributed by atoms with E-state index in [9.17, 15) is 14.0 Å². The van der Waals surface area contributed by atoms with Crippen molar-refractivity contribution in [3.8, 4) is 5.69 Å². The number of benzene rings is 3. The molecule has 0 unspecified atom stereocenters. The SMILES string of the molecule is CCC[C@H](NC(=O)c1c(CBr)n(-c2ccccc2)c(=O)c2c(Cl)cccc12)c1cccc(F)c1. The van der Waals surface area contributed by atoms with Crippen molar-refractivity contribution in [2.75, 3.05) is 0 Å². The highest BCUT2D eigenvalue weighted by Gasteiger charge is 2.25. The van der Waals surface area contributed by atoms with E-state index in [4.69, 9.17) is 11.6 Å². The smallest absolute Gasteiger partial charge is 0.264 e. The molecule has 1 aromatic heterocycles. The monoisotopic (exact) mass is 540 g/mol. The van der Waals surface area contributed by atoms with Crippen LogP contribution in [0.4, 0.5) is 4.39 Å². The number of pyridine rings is 1. The van der Waals surface area contributed by atoms with Crippen LogP contribution in [0.2, 0.25) is 5.02 Å². The van der Waals surface area contributed by atoms with Gasteiger partial charge in [-0.25, -0.2) is 4.39 Å². The van der Waals surface area contributed by atoms with Crippen molar-refractivity contribution in [2.45, 2.75) is 31.1 Å². The fourth-order valence-electron chi connectivity index (χ4n) is 4.25. The number of carbonyl (C=O) groups excluding carboxylic acids is 1. The maximum absolute atomic E-state index is 13.9. The number of halogens is 3. The lowest BCUT2D eigenvalue weighted by Gasteiger charge is -2.22. The Balaban J connectivity index is 1.94. The third-order valence-corrected chi connectivity index (χ3v) is 6.61. The number of para-hydroxylation sites is 1. The van der Waals surface area contributed by atoms with Gasteiger partial charge in [-0.05, 0) is 42.3 Å². The molecule has 0 aliphatic rings. The Morgan fingerprint density at radius 1 is 1.09 bits per heavy atom. The van der Waals surface area contributed by atoms with Crippen LogP contribution in [-0.4, -0.2) is 10.5 Å². The van der Waals surface area contributed by atoms with Crippen molar-refractivity contribution in [3.05, 3.63) is 111 Å². The molecule has 1 N–H and O–H groups in total. The van der Waals surface area contributed by atoms with E-state index in [2.05, 4.69) is 21.2 Å². The molecule has 3 aromatic carbocycles. The Kier molecular flexibility index (Phi) is 7.49. The minimum atomic E-state index is -0.386. The van der Waals surface area contributed by atoms with E-state index in [1.54, 1.807) is 30.3 Å². The zero-order valence-corrected chi connectivity index (χ0v) is 20.9. The molecular formula is C27H23BrClFN2O2. The minimum absolute atomic E-state index is 0.265. The summed E-state index contributed by atoms with van der Waals surface area (Å²) in [5.41, 5.74) is 1.89. The van der Waals surface area contributed by atoms with Gasteiger partial charge in [-0.3, -0.25) is 14.2 Å². The molecule has 4 aromatic rings. The normalized spacial score (nSPS) is 12.0. The summed E-state index contributed by atoms with van der Waals surface area (Å²) >= 11 is 9.96. The summed E-state index contributed by atoms with van der Waals surface area (Å²) in [5.74, 6) is -0.710. The van der Waals surface area contributed by atoms with E-state index in [0.29, 0.717) is 34.3 Å². The Hall–Kier alpha value is -2.96. The Bertz CT molecular complexity index is 1410. The zero-order valence-electron chi connectivity index (χ0n) is 18.5. The second kappa shape index (κ2) is 10.5. The molecule has 7 heteroatoms. The molecule has 0 saturated carbocycles. The summed E-state index contributed by atoms with van der Waals surface area (Å²) < 4.78 is 15.4. The number of hydrogen-bond donors (Lipinski definition) is 1. The van der Waals surface area contributed by atoms with Crippen LogP contribution in [0.1, 0.15) is 47.4 Å². The number of alkyl halides is 1. The number of nitrogens with one attached hydrogen (secondary N) is 1. The number of hydrogen-bond acceptors (Lipinski definition) is 2. The van der Waals surface area contributed by atoms with Gasteiger partial charge in [0.1, 0.15) is 5.82 Å². The van der Waals surface area contributed by atoms with Gasteiger partial charge in [0.05, 0.1) is 27.7 Å². The topological polar surface area (TPSA) is 51.1 Å². The largest absolute Gasteiger partial charge is 0.345 e. The van der Waals surface area contributed by atoms with E-state index in [1.807, 2.05) is 37.3 Å². The second-order valence-corrected chi connectivity index (χ2v) is 8.93. The molecule has 4 nitrogen and oxygen atoms in total. The Morgan fingerprint density at radius 2 is 1.82 bits per heavy atom. The molecule has 34 heavy (non-hydrogen) atoms. The van der Waals surface area contributed by atoms with Crippen molar-refractivity contribution >= 4 is 44.2 Å². The van der Waals surface area contributed by atoms with Crippen molar-refractivity contribution < 1.29 is 9.18 Å². The number of nitrogens with zero attached hydrogens (tertiary/aromatic N) is 1. The summed E-state index contributed by atoms with van der Waals surface area (Å²) in [6.07, 6.45) is 1.43. The number of rotatable bonds is 7. The average molecular weight is 542 g/mol. The van der Waals surface area contributed by atoms with E-state index >= 15 is 0 Å². The first kappa shape index (κ1) is 24.2. The molecule has 0 spiro atoms. The highest BCUT2D eigenvalue weighted by atomic mass is 79.9. The summed E-state index contributed by atoms with van der Waals surface area (Å²) in [6.45, 7) is 2.01. The van der Waals surface area contributed by atoms with Gasteiger partial charge in [-0.15, -0.1) is 0 Å². The summed E-state index contributed by atoms with van der Waals surface area (Å²) in [7, 11) is 0. The molecule has 174 valence electrons. The lowest BCUT2D eigenvalue weighted by Crippen LogP contribution is -2.33. The van der Waals surface area contributed by atoms with Gasteiger partial charge in [-0.1, -0.05) is 83.3 Å². The number of carbonyl (C=O) groups is 1. The number of aromatic nitrogens is 1. The average Bonchev–Trinajstić information content (AvgIpc) is 2.83. The van der Waals surface area contributed by atoms with E-state index in [1.165, 1.54) is 16.7 Å². The second-order valence-electron chi connectivity index (χ2n) is 7.96. The lowest BCUT2D eigenvalue weighted by molar-refractivity contribution is 0.0934. The van der Waals surface area contributed by atoms with Gasteiger partial charge >= 0.3 is 0 Å². The van der Waals surface area contributed by atoms with Crippen molar-refractivity contribution in [1.82, 2.24) is 9.88 Å². The Morgan fingerprint density at radius 3 is 2.50 bits per heavy atom. The molecule has 0 saturated heterocycles. The predicted molar refractivity (Wildman–Crippen MR) is 139 cm³/mol. The predicted octanol–water partition coefficient (Wildman–Crippen LogP) is 6.95. The number of amides is 1. The van der Waals surface area contributed by atoms with Gasteiger partial charge in [0.2, 0.25) is 0 Å². The maximum Gasteiger partial charge on any atom is 0.264 e. The summed E-state index contributed by atoms with van der Waals surface area (Å²) in [5, 5.41) is 4.37. The molecule has 4 rings (SSSR count). The molecular weight excluding hydrogens is 519 g/mol. The van der Waals surface area contributed by atoms with E-state index < -0.39 is 0 Å². The maximum atomic E-state index is 13.9. The standard InChI is InChI=1S/C27H23BrClFN2O2/c1-2-8-22(17-9-6-10-18(30)15-17)31-26(33)25-20-13-7-14-21(29)24(20)27(34)32(23(25)16-28)19-11-4-3-5-12-19/h3-7,9-15,22H,2,8,16H2,1H3,(H,31,33)/t22-/m0/s1. The molecule has 0 aliphatic heterocycles. The molecule has 0 aliphatic carbocycles. The third kappa shape index (κ3) is 4.65. The van der Waals surface area contributed by atoms with Crippen molar-refractivity contribution in [3.63, 3.8) is 0 Å². The van der Waals surface area contributed by atoms with Gasteiger partial charge in [0.25, 0.3) is 11.5 Å². The highest BCUT2D eigenvalue weighted by molar-refractivity contribution is 9.08. The van der Waals surface area contributed by atoms with Crippen LogP contribution in [0, 0.1) is 5.82 Å². The molecule has 0 fully saturated rings. The van der Waals surface area contributed by atoms with Gasteiger partial charge < -0.3 is 5.32 Å². The van der Waals surface area contributed by atoms with Gasteiger partial charge in [0, 0.05) is 16.4 Å². The first-order valence-electron chi connectivity index (χ1n) is 11.0. The van der Waals surface area contributed by atoms with Crippen LogP contribution < -0.4 is 10.9 Å². The van der Waals surface area contributed by atoms with Gasteiger partial charge in [-0.2, -0.15) is 0 Å². The zero-order chi connectivity index (χ0) is 24.2. The van der Waals surface area contributed by atoms with Crippen molar-refractivity contribution in [2.24, 2.45) is 0 Å². The van der Waals surface area contributed by atoms with Crippen LogP contribution in [-0.2, 0) is 5.33 Å². The van der Waals surface area contributed by atoms with Crippen LogP contribution in [0.5, 0.6) is 0 Å². The first-order valence-corrected chi connectivity index (χ1v) is 12.5. The van der Waals surface area contributed by atoms with Crippen LogP contribution in [0.3, 0.4) is 0 Å². The van der Waals surface area contributed by atoms with Gasteiger partial charge in [0.15, 0.2) is 0 Å².